The van der Waals surface area contributed by atoms with E-state index in [4.69, 9.17) is 0 Å². The van der Waals surface area contributed by atoms with Gasteiger partial charge in [-0.05, 0) is 37.4 Å². The zero-order chi connectivity index (χ0) is 17.9. The van der Waals surface area contributed by atoms with Crippen molar-refractivity contribution in [2.24, 2.45) is 5.41 Å². The van der Waals surface area contributed by atoms with Gasteiger partial charge in [0.2, 0.25) is 0 Å². The SMILES string of the molecule is CC1(CNC(=O)c2cn(-c3cccc([N+](=O)[O-])c3)nn2)CCNCC1.Cl. The van der Waals surface area contributed by atoms with Crippen LogP contribution >= 0.6 is 12.4 Å². The van der Waals surface area contributed by atoms with Gasteiger partial charge in [-0.15, -0.1) is 17.5 Å². The highest BCUT2D eigenvalue weighted by Crippen LogP contribution is 2.26. The number of hydrogen-bond acceptors (Lipinski definition) is 6. The summed E-state index contributed by atoms with van der Waals surface area (Å²) in [5.74, 6) is -0.295. The zero-order valence-corrected chi connectivity index (χ0v) is 15.2. The Kier molecular flexibility index (Phi) is 6.27. The van der Waals surface area contributed by atoms with Crippen molar-refractivity contribution in [3.05, 3.63) is 46.3 Å². The molecule has 1 aliphatic heterocycles. The third kappa shape index (κ3) is 4.55. The number of benzene rings is 1. The molecule has 9 nitrogen and oxygen atoms in total. The number of carbonyl (C=O) groups excluding carboxylic acids is 1. The highest BCUT2D eigenvalue weighted by Gasteiger charge is 2.27. The minimum Gasteiger partial charge on any atom is -0.350 e. The number of amides is 1. The molecule has 0 bridgehead atoms. The van der Waals surface area contributed by atoms with E-state index < -0.39 is 4.92 Å². The number of piperidine rings is 1. The van der Waals surface area contributed by atoms with Crippen molar-refractivity contribution in [2.45, 2.75) is 19.8 Å². The van der Waals surface area contributed by atoms with Gasteiger partial charge in [0.1, 0.15) is 0 Å². The molecule has 0 aliphatic carbocycles. The molecule has 1 aliphatic rings. The fourth-order valence-electron chi connectivity index (χ4n) is 2.83. The van der Waals surface area contributed by atoms with Gasteiger partial charge in [0.05, 0.1) is 16.8 Å². The fourth-order valence-corrected chi connectivity index (χ4v) is 2.83. The fraction of sp³-hybridized carbons (Fsp3) is 0.438. The van der Waals surface area contributed by atoms with Crippen LogP contribution in [0.15, 0.2) is 30.5 Å². The molecule has 1 fully saturated rings. The second-order valence-electron chi connectivity index (χ2n) is 6.57. The van der Waals surface area contributed by atoms with E-state index in [1.807, 2.05) is 0 Å². The third-order valence-corrected chi connectivity index (χ3v) is 4.52. The first-order valence-corrected chi connectivity index (χ1v) is 8.13. The Bertz CT molecular complexity index is 788. The van der Waals surface area contributed by atoms with Crippen LogP contribution in [0.3, 0.4) is 0 Å². The highest BCUT2D eigenvalue weighted by atomic mass is 35.5. The molecule has 3 rings (SSSR count). The Balaban J connectivity index is 0.00000243. The van der Waals surface area contributed by atoms with Gasteiger partial charge in [-0.2, -0.15) is 0 Å². The molecular formula is C16H21ClN6O3. The van der Waals surface area contributed by atoms with Crippen molar-refractivity contribution in [2.75, 3.05) is 19.6 Å². The second kappa shape index (κ2) is 8.24. The Hall–Kier alpha value is -2.52. The molecule has 0 radical (unpaired) electrons. The van der Waals surface area contributed by atoms with Crippen molar-refractivity contribution in [3.63, 3.8) is 0 Å². The predicted molar refractivity (Wildman–Crippen MR) is 97.8 cm³/mol. The van der Waals surface area contributed by atoms with Gasteiger partial charge in [0, 0.05) is 18.7 Å². The largest absolute Gasteiger partial charge is 0.350 e. The van der Waals surface area contributed by atoms with Crippen LogP contribution in [-0.2, 0) is 0 Å². The van der Waals surface area contributed by atoms with E-state index >= 15 is 0 Å². The number of nitrogens with zero attached hydrogens (tertiary/aromatic N) is 4. The number of rotatable bonds is 5. The summed E-state index contributed by atoms with van der Waals surface area (Å²) in [4.78, 5) is 22.7. The van der Waals surface area contributed by atoms with E-state index in [1.54, 1.807) is 12.1 Å². The predicted octanol–water partition coefficient (Wildman–Crippen LogP) is 1.72. The van der Waals surface area contributed by atoms with Crippen molar-refractivity contribution in [1.29, 1.82) is 0 Å². The number of hydrogen-bond donors (Lipinski definition) is 2. The zero-order valence-electron chi connectivity index (χ0n) is 14.3. The van der Waals surface area contributed by atoms with Crippen LogP contribution in [0.2, 0.25) is 0 Å². The lowest BCUT2D eigenvalue weighted by Crippen LogP contribution is -2.43. The topological polar surface area (TPSA) is 115 Å². The molecule has 1 aromatic carbocycles. The normalized spacial score (nSPS) is 15.7. The summed E-state index contributed by atoms with van der Waals surface area (Å²) in [5, 5.41) is 24.8. The molecule has 1 amide bonds. The lowest BCUT2D eigenvalue weighted by atomic mass is 9.81. The van der Waals surface area contributed by atoms with E-state index in [-0.39, 0.29) is 35.1 Å². The minimum atomic E-state index is -0.478. The van der Waals surface area contributed by atoms with E-state index in [0.29, 0.717) is 12.2 Å². The van der Waals surface area contributed by atoms with Crippen LogP contribution in [-0.4, -0.2) is 45.5 Å². The number of aromatic nitrogens is 3. The van der Waals surface area contributed by atoms with Crippen LogP contribution in [0.25, 0.3) is 5.69 Å². The molecule has 0 atom stereocenters. The molecule has 140 valence electrons. The van der Waals surface area contributed by atoms with Crippen LogP contribution in [0, 0.1) is 15.5 Å². The van der Waals surface area contributed by atoms with Crippen molar-refractivity contribution >= 4 is 24.0 Å². The van der Waals surface area contributed by atoms with Gasteiger partial charge in [-0.3, -0.25) is 14.9 Å². The third-order valence-electron chi connectivity index (χ3n) is 4.52. The summed E-state index contributed by atoms with van der Waals surface area (Å²) >= 11 is 0. The van der Waals surface area contributed by atoms with E-state index in [1.165, 1.54) is 23.0 Å². The number of nitro benzene ring substituents is 1. The van der Waals surface area contributed by atoms with Gasteiger partial charge in [0.15, 0.2) is 5.69 Å². The van der Waals surface area contributed by atoms with E-state index in [0.717, 1.165) is 25.9 Å². The van der Waals surface area contributed by atoms with Crippen molar-refractivity contribution < 1.29 is 9.72 Å². The number of nitrogens with one attached hydrogen (secondary N) is 2. The first-order valence-electron chi connectivity index (χ1n) is 8.13. The van der Waals surface area contributed by atoms with Crippen LogP contribution in [0.5, 0.6) is 0 Å². The van der Waals surface area contributed by atoms with Crippen LogP contribution in [0.1, 0.15) is 30.3 Å². The van der Waals surface area contributed by atoms with Gasteiger partial charge in [-0.25, -0.2) is 4.68 Å². The van der Waals surface area contributed by atoms with E-state index in [9.17, 15) is 14.9 Å². The lowest BCUT2D eigenvalue weighted by molar-refractivity contribution is -0.384. The molecule has 0 saturated carbocycles. The Labute approximate surface area is 156 Å². The van der Waals surface area contributed by atoms with Gasteiger partial charge in [-0.1, -0.05) is 18.2 Å². The maximum absolute atomic E-state index is 12.3. The Morgan fingerprint density at radius 2 is 2.15 bits per heavy atom. The molecule has 2 aromatic rings. The summed E-state index contributed by atoms with van der Waals surface area (Å²) in [6.07, 6.45) is 3.49. The smallest absolute Gasteiger partial charge is 0.273 e. The Morgan fingerprint density at radius 1 is 1.42 bits per heavy atom. The molecule has 1 saturated heterocycles. The highest BCUT2D eigenvalue weighted by molar-refractivity contribution is 5.91. The van der Waals surface area contributed by atoms with E-state index in [2.05, 4.69) is 27.9 Å². The van der Waals surface area contributed by atoms with Crippen molar-refractivity contribution in [1.82, 2.24) is 25.6 Å². The lowest BCUT2D eigenvalue weighted by Gasteiger charge is -2.33. The molecule has 1 aromatic heterocycles. The minimum absolute atomic E-state index is 0. The number of non-ortho nitro benzene ring substituents is 1. The molecule has 2 heterocycles. The van der Waals surface area contributed by atoms with Gasteiger partial charge in [0.25, 0.3) is 11.6 Å². The Morgan fingerprint density at radius 3 is 2.85 bits per heavy atom. The maximum atomic E-state index is 12.3. The summed E-state index contributed by atoms with van der Waals surface area (Å²) in [7, 11) is 0. The second-order valence-corrected chi connectivity index (χ2v) is 6.57. The van der Waals surface area contributed by atoms with Gasteiger partial charge >= 0.3 is 0 Å². The van der Waals surface area contributed by atoms with Gasteiger partial charge < -0.3 is 10.6 Å². The molecule has 0 spiro atoms. The average Bonchev–Trinajstić information content (AvgIpc) is 3.11. The van der Waals surface area contributed by atoms with Crippen LogP contribution in [0.4, 0.5) is 5.69 Å². The molecule has 10 heteroatoms. The number of nitro groups is 1. The molecule has 2 N–H and O–H groups in total. The molecule has 0 unspecified atom stereocenters. The number of halogens is 1. The standard InChI is InChI=1S/C16H20N6O3.ClH/c1-16(5-7-17-8-6-16)11-18-15(23)14-10-21(20-19-14)12-3-2-4-13(9-12)22(24)25;/h2-4,9-10,17H,5-8,11H2,1H3,(H,18,23);1H. The van der Waals surface area contributed by atoms with Crippen molar-refractivity contribution in [3.8, 4) is 5.69 Å². The first kappa shape index (κ1) is 19.8. The summed E-state index contributed by atoms with van der Waals surface area (Å²) < 4.78 is 1.36. The average molecular weight is 381 g/mol. The molecule has 26 heavy (non-hydrogen) atoms. The molecular weight excluding hydrogens is 360 g/mol. The summed E-state index contributed by atoms with van der Waals surface area (Å²) in [6.45, 7) is 4.65. The monoisotopic (exact) mass is 380 g/mol. The summed E-state index contributed by atoms with van der Waals surface area (Å²) in [6, 6.07) is 6.01. The maximum Gasteiger partial charge on any atom is 0.273 e. The quantitative estimate of drug-likeness (QED) is 0.602. The summed E-state index contributed by atoms with van der Waals surface area (Å²) in [5.41, 5.74) is 0.699. The van der Waals surface area contributed by atoms with Crippen LogP contribution < -0.4 is 10.6 Å². The first-order chi connectivity index (χ1) is 12.0. The number of carbonyl (C=O) groups is 1.